The average molecular weight is 334 g/mol. The van der Waals surface area contributed by atoms with Crippen molar-refractivity contribution < 1.29 is 4.39 Å². The van der Waals surface area contributed by atoms with Gasteiger partial charge in [0.1, 0.15) is 5.82 Å². The van der Waals surface area contributed by atoms with Gasteiger partial charge in [-0.3, -0.25) is 0 Å². The molecule has 0 amide bonds. The fourth-order valence-electron chi connectivity index (χ4n) is 2.82. The summed E-state index contributed by atoms with van der Waals surface area (Å²) in [6.45, 7) is 0. The van der Waals surface area contributed by atoms with Crippen molar-refractivity contribution in [2.24, 2.45) is 5.73 Å². The van der Waals surface area contributed by atoms with Crippen LogP contribution in [0.3, 0.4) is 0 Å². The van der Waals surface area contributed by atoms with Gasteiger partial charge in [0.15, 0.2) is 0 Å². The fourth-order valence-corrected chi connectivity index (χ4v) is 3.30. The molecule has 0 bridgehead atoms. The summed E-state index contributed by atoms with van der Waals surface area (Å²) in [5.41, 5.74) is 9.64. The maximum absolute atomic E-state index is 13.6. The van der Waals surface area contributed by atoms with Crippen LogP contribution in [0.5, 0.6) is 0 Å². The van der Waals surface area contributed by atoms with Gasteiger partial charge < -0.3 is 5.73 Å². The summed E-state index contributed by atoms with van der Waals surface area (Å²) < 4.78 is 14.3. The lowest BCUT2D eigenvalue weighted by Gasteiger charge is -2.29. The van der Waals surface area contributed by atoms with E-state index in [2.05, 4.69) is 34.1 Å². The van der Waals surface area contributed by atoms with Gasteiger partial charge in [0, 0.05) is 4.47 Å². The number of benzene rings is 2. The van der Waals surface area contributed by atoms with E-state index in [1.54, 1.807) is 0 Å². The molecule has 1 saturated carbocycles. The zero-order valence-electron chi connectivity index (χ0n) is 11.2. The Labute approximate surface area is 127 Å². The van der Waals surface area contributed by atoms with Gasteiger partial charge in [0.05, 0.1) is 6.04 Å². The molecule has 0 radical (unpaired) electrons. The molecule has 20 heavy (non-hydrogen) atoms. The molecule has 0 aromatic heterocycles. The van der Waals surface area contributed by atoms with Crippen LogP contribution >= 0.6 is 15.9 Å². The molecular weight excluding hydrogens is 317 g/mol. The molecule has 0 heterocycles. The van der Waals surface area contributed by atoms with Gasteiger partial charge in [-0.1, -0.05) is 46.6 Å². The first-order valence-electron chi connectivity index (χ1n) is 6.95. The van der Waals surface area contributed by atoms with Crippen LogP contribution in [0.15, 0.2) is 46.9 Å². The van der Waals surface area contributed by atoms with Crippen LogP contribution < -0.4 is 5.73 Å². The molecule has 0 saturated heterocycles. The van der Waals surface area contributed by atoms with Gasteiger partial charge in [-0.25, -0.2) is 4.39 Å². The summed E-state index contributed by atoms with van der Waals surface area (Å²) in [6.07, 6.45) is 3.76. The molecule has 1 aliphatic rings. The molecule has 2 aromatic rings. The van der Waals surface area contributed by atoms with Crippen molar-refractivity contribution in [3.05, 3.63) is 69.4 Å². The Morgan fingerprint density at radius 1 is 1.15 bits per heavy atom. The number of halogens is 2. The molecule has 3 rings (SSSR count). The standard InChI is InChI=1S/C17H17BrFN/c18-13-8-12(9-14(19)10-13)17(20)16-7-2-1-6-15(16)11-4-3-5-11/h1-2,6-11,17H,3-5,20H2. The lowest BCUT2D eigenvalue weighted by molar-refractivity contribution is 0.416. The Hall–Kier alpha value is -1.19. The Kier molecular flexibility index (Phi) is 3.90. The highest BCUT2D eigenvalue weighted by atomic mass is 79.9. The third-order valence-corrected chi connectivity index (χ3v) is 4.58. The second-order valence-electron chi connectivity index (χ2n) is 5.44. The van der Waals surface area contributed by atoms with E-state index >= 15 is 0 Å². The van der Waals surface area contributed by atoms with Crippen LogP contribution in [0, 0.1) is 5.82 Å². The molecule has 1 fully saturated rings. The number of hydrogen-bond acceptors (Lipinski definition) is 1. The van der Waals surface area contributed by atoms with E-state index in [9.17, 15) is 4.39 Å². The van der Waals surface area contributed by atoms with Crippen LogP contribution in [0.1, 0.15) is 47.9 Å². The summed E-state index contributed by atoms with van der Waals surface area (Å²) >= 11 is 3.33. The van der Waals surface area contributed by atoms with E-state index in [4.69, 9.17) is 5.73 Å². The molecular formula is C17H17BrFN. The van der Waals surface area contributed by atoms with Crippen molar-refractivity contribution >= 4 is 15.9 Å². The molecule has 1 atom stereocenters. The monoisotopic (exact) mass is 333 g/mol. The van der Waals surface area contributed by atoms with Crippen molar-refractivity contribution in [2.75, 3.05) is 0 Å². The molecule has 1 nitrogen and oxygen atoms in total. The van der Waals surface area contributed by atoms with Gasteiger partial charge >= 0.3 is 0 Å². The Morgan fingerprint density at radius 3 is 2.55 bits per heavy atom. The van der Waals surface area contributed by atoms with E-state index in [-0.39, 0.29) is 11.9 Å². The molecule has 2 aromatic carbocycles. The maximum Gasteiger partial charge on any atom is 0.124 e. The second-order valence-corrected chi connectivity index (χ2v) is 6.35. The van der Waals surface area contributed by atoms with Gasteiger partial charge in [-0.15, -0.1) is 0 Å². The minimum atomic E-state index is -0.279. The number of rotatable bonds is 3. The van der Waals surface area contributed by atoms with Gasteiger partial charge in [0.25, 0.3) is 0 Å². The SMILES string of the molecule is NC(c1cc(F)cc(Br)c1)c1ccccc1C1CCC1. The Bertz CT molecular complexity index is 602. The third-order valence-electron chi connectivity index (χ3n) is 4.12. The number of hydrogen-bond donors (Lipinski definition) is 1. The average Bonchev–Trinajstić information content (AvgIpc) is 2.35. The highest BCUT2D eigenvalue weighted by Gasteiger charge is 2.24. The van der Waals surface area contributed by atoms with E-state index in [0.29, 0.717) is 5.92 Å². The van der Waals surface area contributed by atoms with Crippen molar-refractivity contribution in [2.45, 2.75) is 31.2 Å². The molecule has 2 N–H and O–H groups in total. The lowest BCUT2D eigenvalue weighted by Crippen LogP contribution is -2.18. The van der Waals surface area contributed by atoms with Crippen LogP contribution in [0.4, 0.5) is 4.39 Å². The van der Waals surface area contributed by atoms with Crippen molar-refractivity contribution in [3.8, 4) is 0 Å². The predicted molar refractivity (Wildman–Crippen MR) is 83.2 cm³/mol. The van der Waals surface area contributed by atoms with Crippen LogP contribution in [0.25, 0.3) is 0 Å². The molecule has 1 unspecified atom stereocenters. The largest absolute Gasteiger partial charge is 0.320 e. The number of nitrogens with two attached hydrogens (primary N) is 1. The molecule has 104 valence electrons. The van der Waals surface area contributed by atoms with Gasteiger partial charge in [-0.05, 0) is 53.6 Å². The van der Waals surface area contributed by atoms with Crippen LogP contribution in [0.2, 0.25) is 0 Å². The minimum absolute atomic E-state index is 0.258. The van der Waals surface area contributed by atoms with Crippen molar-refractivity contribution in [1.29, 1.82) is 0 Å². The lowest BCUT2D eigenvalue weighted by atomic mass is 9.76. The molecule has 3 heteroatoms. The zero-order chi connectivity index (χ0) is 14.1. The topological polar surface area (TPSA) is 26.0 Å². The van der Waals surface area contributed by atoms with E-state index in [1.807, 2.05) is 12.1 Å². The normalized spacial score (nSPS) is 16.8. The smallest absolute Gasteiger partial charge is 0.124 e. The first kappa shape index (κ1) is 13.8. The fraction of sp³-hybridized carbons (Fsp3) is 0.294. The van der Waals surface area contributed by atoms with E-state index in [1.165, 1.54) is 37.0 Å². The summed E-state index contributed by atoms with van der Waals surface area (Å²) in [5.74, 6) is 0.361. The molecule has 0 aliphatic heterocycles. The van der Waals surface area contributed by atoms with E-state index in [0.717, 1.165) is 15.6 Å². The first-order valence-corrected chi connectivity index (χ1v) is 7.75. The molecule has 0 spiro atoms. The highest BCUT2D eigenvalue weighted by Crippen LogP contribution is 2.40. The third kappa shape index (κ3) is 2.65. The zero-order valence-corrected chi connectivity index (χ0v) is 12.7. The highest BCUT2D eigenvalue weighted by molar-refractivity contribution is 9.10. The summed E-state index contributed by atoms with van der Waals surface area (Å²) in [6, 6.07) is 12.9. The predicted octanol–water partition coefficient (Wildman–Crippen LogP) is 4.90. The van der Waals surface area contributed by atoms with Crippen molar-refractivity contribution in [3.63, 3.8) is 0 Å². The second kappa shape index (κ2) is 5.66. The summed E-state index contributed by atoms with van der Waals surface area (Å²) in [5, 5.41) is 0. The van der Waals surface area contributed by atoms with Gasteiger partial charge in [0.2, 0.25) is 0 Å². The Balaban J connectivity index is 1.99. The molecule has 1 aliphatic carbocycles. The summed E-state index contributed by atoms with van der Waals surface area (Å²) in [4.78, 5) is 0. The maximum atomic E-state index is 13.6. The van der Waals surface area contributed by atoms with E-state index < -0.39 is 0 Å². The van der Waals surface area contributed by atoms with Crippen LogP contribution in [-0.2, 0) is 0 Å². The van der Waals surface area contributed by atoms with Gasteiger partial charge in [-0.2, -0.15) is 0 Å². The summed E-state index contributed by atoms with van der Waals surface area (Å²) in [7, 11) is 0. The Morgan fingerprint density at radius 2 is 1.90 bits per heavy atom. The first-order chi connectivity index (χ1) is 9.65. The quantitative estimate of drug-likeness (QED) is 0.848. The van der Waals surface area contributed by atoms with Crippen LogP contribution in [-0.4, -0.2) is 0 Å². The minimum Gasteiger partial charge on any atom is -0.320 e. The van der Waals surface area contributed by atoms with Crippen molar-refractivity contribution in [1.82, 2.24) is 0 Å².